The van der Waals surface area contributed by atoms with Gasteiger partial charge in [-0.15, -0.1) is 5.10 Å². The van der Waals surface area contributed by atoms with E-state index in [1.807, 2.05) is 31.2 Å². The highest BCUT2D eigenvalue weighted by atomic mass is 35.5. The normalized spacial score (nSPS) is 19.5. The zero-order chi connectivity index (χ0) is 19.0. The van der Waals surface area contributed by atoms with Crippen molar-refractivity contribution in [1.82, 2.24) is 20.3 Å². The predicted molar refractivity (Wildman–Crippen MR) is 100 cm³/mol. The highest BCUT2D eigenvalue weighted by Crippen LogP contribution is 2.50. The molecule has 2 aromatic carbocycles. The Bertz CT molecular complexity index is 938. The molecule has 1 aliphatic carbocycles. The summed E-state index contributed by atoms with van der Waals surface area (Å²) in [6.07, 6.45) is 4.00. The maximum atomic E-state index is 14.0. The summed E-state index contributed by atoms with van der Waals surface area (Å²) < 4.78 is 15.7. The molecule has 1 heterocycles. The van der Waals surface area contributed by atoms with Gasteiger partial charge in [-0.25, -0.2) is 9.07 Å². The van der Waals surface area contributed by atoms with E-state index in [-0.39, 0.29) is 29.6 Å². The molecule has 1 aromatic heterocycles. The number of benzene rings is 2. The number of aromatic nitrogens is 3. The maximum absolute atomic E-state index is 14.0. The first-order valence-corrected chi connectivity index (χ1v) is 9.13. The van der Waals surface area contributed by atoms with Crippen molar-refractivity contribution < 1.29 is 9.18 Å². The summed E-state index contributed by atoms with van der Waals surface area (Å²) in [5, 5.41) is 11.1. The minimum absolute atomic E-state index is 0.0767. The molecule has 1 fully saturated rings. The molecule has 0 saturated heterocycles. The topological polar surface area (TPSA) is 59.8 Å². The van der Waals surface area contributed by atoms with Crippen LogP contribution in [0.25, 0.3) is 5.69 Å². The second-order valence-corrected chi connectivity index (χ2v) is 7.16. The zero-order valence-corrected chi connectivity index (χ0v) is 15.4. The fourth-order valence-electron chi connectivity index (χ4n) is 3.33. The summed E-state index contributed by atoms with van der Waals surface area (Å²) in [7, 11) is 0. The number of halogens is 2. The SMILES string of the molecule is C[C@H](NC(=O)[C@@H]1C[C@H]1c1c(F)cccc1Cl)c1ccc(-n2ccnn2)cc1. The van der Waals surface area contributed by atoms with Gasteiger partial charge in [0.25, 0.3) is 0 Å². The van der Waals surface area contributed by atoms with E-state index in [9.17, 15) is 9.18 Å². The number of carbonyl (C=O) groups is 1. The highest BCUT2D eigenvalue weighted by Gasteiger charge is 2.46. The number of rotatable bonds is 5. The molecule has 27 heavy (non-hydrogen) atoms. The molecule has 1 amide bonds. The predicted octanol–water partition coefficient (Wildman–Crippen LogP) is 4.04. The van der Waals surface area contributed by atoms with Crippen LogP contribution >= 0.6 is 11.6 Å². The number of carbonyl (C=O) groups excluding carboxylic acids is 1. The van der Waals surface area contributed by atoms with Gasteiger partial charge >= 0.3 is 0 Å². The van der Waals surface area contributed by atoms with E-state index in [1.54, 1.807) is 29.2 Å². The van der Waals surface area contributed by atoms with Crippen molar-refractivity contribution in [2.75, 3.05) is 0 Å². The lowest BCUT2D eigenvalue weighted by atomic mass is 10.1. The number of amides is 1. The monoisotopic (exact) mass is 384 g/mol. The lowest BCUT2D eigenvalue weighted by Crippen LogP contribution is -2.28. The van der Waals surface area contributed by atoms with E-state index < -0.39 is 0 Å². The third kappa shape index (κ3) is 3.57. The van der Waals surface area contributed by atoms with Crippen LogP contribution in [-0.4, -0.2) is 20.9 Å². The molecule has 138 valence electrons. The molecule has 0 bridgehead atoms. The summed E-state index contributed by atoms with van der Waals surface area (Å²) in [5.41, 5.74) is 2.32. The van der Waals surface area contributed by atoms with Crippen molar-refractivity contribution in [2.45, 2.75) is 25.3 Å². The number of hydrogen-bond donors (Lipinski definition) is 1. The van der Waals surface area contributed by atoms with Gasteiger partial charge in [-0.05, 0) is 43.2 Å². The third-order valence-electron chi connectivity index (χ3n) is 4.94. The molecule has 5 nitrogen and oxygen atoms in total. The molecule has 1 aliphatic rings. The Morgan fingerprint density at radius 3 is 2.74 bits per heavy atom. The Balaban J connectivity index is 1.40. The Hall–Kier alpha value is -2.73. The van der Waals surface area contributed by atoms with Crippen LogP contribution in [0.4, 0.5) is 4.39 Å². The van der Waals surface area contributed by atoms with Crippen LogP contribution in [0.1, 0.15) is 36.4 Å². The van der Waals surface area contributed by atoms with Crippen LogP contribution in [0.3, 0.4) is 0 Å². The fraction of sp³-hybridized carbons (Fsp3) is 0.250. The van der Waals surface area contributed by atoms with Crippen LogP contribution in [0.2, 0.25) is 5.02 Å². The summed E-state index contributed by atoms with van der Waals surface area (Å²) in [6.45, 7) is 1.93. The van der Waals surface area contributed by atoms with E-state index in [4.69, 9.17) is 11.6 Å². The standard InChI is InChI=1S/C20H18ClFN4O/c1-12(13-5-7-14(8-6-13)26-10-9-23-25-26)24-20(27)16-11-15(16)19-17(21)3-2-4-18(19)22/h2-10,12,15-16H,11H2,1H3,(H,24,27)/t12-,15+,16+/m0/s1. The Morgan fingerprint density at radius 1 is 1.30 bits per heavy atom. The number of hydrogen-bond acceptors (Lipinski definition) is 3. The van der Waals surface area contributed by atoms with Gasteiger partial charge in [0.05, 0.1) is 24.1 Å². The van der Waals surface area contributed by atoms with Gasteiger partial charge in [-0.3, -0.25) is 4.79 Å². The number of nitrogens with zero attached hydrogens (tertiary/aromatic N) is 3. The molecule has 0 aliphatic heterocycles. The molecule has 1 N–H and O–H groups in total. The molecule has 7 heteroatoms. The van der Waals surface area contributed by atoms with E-state index in [2.05, 4.69) is 15.6 Å². The molecule has 4 rings (SSSR count). The van der Waals surface area contributed by atoms with E-state index >= 15 is 0 Å². The minimum atomic E-state index is -0.348. The zero-order valence-electron chi connectivity index (χ0n) is 14.6. The molecular weight excluding hydrogens is 367 g/mol. The first-order valence-electron chi connectivity index (χ1n) is 8.75. The maximum Gasteiger partial charge on any atom is 0.224 e. The van der Waals surface area contributed by atoms with Crippen molar-refractivity contribution in [3.8, 4) is 5.69 Å². The molecule has 1 saturated carbocycles. The molecule has 0 unspecified atom stereocenters. The smallest absolute Gasteiger partial charge is 0.224 e. The summed E-state index contributed by atoms with van der Waals surface area (Å²) in [6, 6.07) is 12.2. The second-order valence-electron chi connectivity index (χ2n) is 6.75. The van der Waals surface area contributed by atoms with Crippen molar-refractivity contribution in [3.05, 3.63) is 76.8 Å². The second kappa shape index (κ2) is 7.12. The Morgan fingerprint density at radius 2 is 2.07 bits per heavy atom. The van der Waals surface area contributed by atoms with Crippen LogP contribution in [0, 0.1) is 11.7 Å². The van der Waals surface area contributed by atoms with E-state index in [1.165, 1.54) is 6.07 Å². The van der Waals surface area contributed by atoms with Crippen LogP contribution < -0.4 is 5.32 Å². The van der Waals surface area contributed by atoms with Gasteiger partial charge in [0, 0.05) is 22.4 Å². The van der Waals surface area contributed by atoms with E-state index in [0.29, 0.717) is 17.0 Å². The summed E-state index contributed by atoms with van der Waals surface area (Å²) in [5.74, 6) is -0.816. The van der Waals surface area contributed by atoms with Crippen LogP contribution in [0.5, 0.6) is 0 Å². The first kappa shape index (κ1) is 17.7. The lowest BCUT2D eigenvalue weighted by Gasteiger charge is -2.15. The highest BCUT2D eigenvalue weighted by molar-refractivity contribution is 6.31. The van der Waals surface area contributed by atoms with Crippen molar-refractivity contribution in [1.29, 1.82) is 0 Å². The van der Waals surface area contributed by atoms with Gasteiger partial charge in [0.2, 0.25) is 5.91 Å². The average Bonchev–Trinajstić information content (AvgIpc) is 3.24. The van der Waals surface area contributed by atoms with Gasteiger partial charge < -0.3 is 5.32 Å². The minimum Gasteiger partial charge on any atom is -0.349 e. The van der Waals surface area contributed by atoms with Gasteiger partial charge in [-0.1, -0.05) is 35.0 Å². The molecule has 0 spiro atoms. The van der Waals surface area contributed by atoms with Crippen molar-refractivity contribution in [3.63, 3.8) is 0 Å². The van der Waals surface area contributed by atoms with Crippen LogP contribution in [0.15, 0.2) is 54.9 Å². The Kier molecular flexibility index (Phi) is 4.66. The van der Waals surface area contributed by atoms with Gasteiger partial charge in [-0.2, -0.15) is 0 Å². The van der Waals surface area contributed by atoms with E-state index in [0.717, 1.165) is 11.3 Å². The Labute approximate surface area is 161 Å². The molecule has 3 aromatic rings. The third-order valence-corrected chi connectivity index (χ3v) is 5.27. The van der Waals surface area contributed by atoms with Crippen molar-refractivity contribution >= 4 is 17.5 Å². The summed E-state index contributed by atoms with van der Waals surface area (Å²) in [4.78, 5) is 12.6. The largest absolute Gasteiger partial charge is 0.349 e. The van der Waals surface area contributed by atoms with Gasteiger partial charge in [0.15, 0.2) is 0 Å². The van der Waals surface area contributed by atoms with Gasteiger partial charge in [0.1, 0.15) is 5.82 Å². The molecular formula is C20H18ClFN4O. The van der Waals surface area contributed by atoms with Crippen molar-refractivity contribution in [2.24, 2.45) is 5.92 Å². The molecule has 0 radical (unpaired) electrons. The quantitative estimate of drug-likeness (QED) is 0.722. The average molecular weight is 385 g/mol. The fourth-order valence-corrected chi connectivity index (χ4v) is 3.64. The lowest BCUT2D eigenvalue weighted by molar-refractivity contribution is -0.123. The van der Waals surface area contributed by atoms with Crippen LogP contribution in [-0.2, 0) is 4.79 Å². The summed E-state index contributed by atoms with van der Waals surface area (Å²) >= 11 is 6.11. The number of nitrogens with one attached hydrogen (secondary N) is 1. The first-order chi connectivity index (χ1) is 13.0. The molecule has 3 atom stereocenters.